The number of aliphatic carboxylic acids is 1. The molecule has 5 nitrogen and oxygen atoms in total. The van der Waals surface area contributed by atoms with Crippen molar-refractivity contribution in [3.05, 3.63) is 0 Å². The minimum Gasteiger partial charge on any atom is -0.480 e. The van der Waals surface area contributed by atoms with Crippen molar-refractivity contribution < 1.29 is 24.5 Å². The van der Waals surface area contributed by atoms with Gasteiger partial charge in [-0.2, -0.15) is 0 Å². The molecule has 0 rings (SSSR count). The monoisotopic (exact) mass is 182 g/mol. The van der Waals surface area contributed by atoms with Crippen LogP contribution in [0.2, 0.25) is 0 Å². The molecule has 2 N–H and O–H groups in total. The molecule has 0 radical (unpaired) electrons. The summed E-state index contributed by atoms with van der Waals surface area (Å²) >= 11 is 3.34. The number of ether oxygens (including phenoxy) is 1. The Morgan fingerprint density at radius 2 is 1.82 bits per heavy atom. The topological polar surface area (TPSA) is 83.8 Å². The Kier molecular flexibility index (Phi) is 11.1. The molecule has 0 heterocycles. The molecule has 0 aromatic heterocycles. The average molecular weight is 182 g/mol. The zero-order chi connectivity index (χ0) is 9.28. The predicted molar refractivity (Wildman–Crippen MR) is 40.6 cm³/mol. The average Bonchev–Trinajstić information content (AvgIpc) is 1.90. The second-order valence-corrected chi connectivity index (χ2v) is 1.78. The third kappa shape index (κ3) is 17.7. The molecule has 0 saturated carbocycles. The summed E-state index contributed by atoms with van der Waals surface area (Å²) in [5, 5.41) is 14.5. The molecule has 0 amide bonds. The van der Waals surface area contributed by atoms with Crippen LogP contribution in [-0.4, -0.2) is 41.6 Å². The lowest BCUT2D eigenvalue weighted by Gasteiger charge is -1.93. The number of thiol groups is 1. The Bertz CT molecular complexity index is 110. The van der Waals surface area contributed by atoms with E-state index in [4.69, 9.17) is 10.2 Å². The molecular weight excluding hydrogens is 172 g/mol. The van der Waals surface area contributed by atoms with Crippen molar-refractivity contribution in [1.29, 1.82) is 0 Å². The summed E-state index contributed by atoms with van der Waals surface area (Å²) in [5.74, 6) is -1.09. The summed E-state index contributed by atoms with van der Waals surface area (Å²) in [6, 6.07) is 0. The molecule has 0 aliphatic rings. The van der Waals surface area contributed by atoms with Gasteiger partial charge in [0.15, 0.2) is 0 Å². The quantitative estimate of drug-likeness (QED) is 0.493. The Balaban J connectivity index is 0. The second-order valence-electron chi connectivity index (χ2n) is 1.28. The summed E-state index contributed by atoms with van der Waals surface area (Å²) in [4.78, 5) is 19.7. The Morgan fingerprint density at radius 3 is 2.09 bits per heavy atom. The van der Waals surface area contributed by atoms with Crippen molar-refractivity contribution in [3.8, 4) is 0 Å². The number of carboxylic acids is 1. The van der Waals surface area contributed by atoms with Gasteiger partial charge in [-0.3, -0.25) is 4.79 Å². The maximum atomic E-state index is 9.97. The van der Waals surface area contributed by atoms with Gasteiger partial charge in [0.25, 0.3) is 0 Å². The normalized spacial score (nSPS) is 7.91. The SMILES string of the molecule is CO.O=C(O)COCC(=O)S. The van der Waals surface area contributed by atoms with Crippen LogP contribution >= 0.6 is 12.6 Å². The van der Waals surface area contributed by atoms with Crippen molar-refractivity contribution in [1.82, 2.24) is 0 Å². The minimum absolute atomic E-state index is 0.255. The lowest BCUT2D eigenvalue weighted by molar-refractivity contribution is -0.142. The van der Waals surface area contributed by atoms with Crippen LogP contribution in [0, 0.1) is 0 Å². The number of carboxylic acid groups (broad SMARTS) is 1. The van der Waals surface area contributed by atoms with E-state index >= 15 is 0 Å². The summed E-state index contributed by atoms with van der Waals surface area (Å²) in [5.41, 5.74) is 0. The number of carbonyl (C=O) groups is 2. The fourth-order valence-electron chi connectivity index (χ4n) is 0.226. The largest absolute Gasteiger partial charge is 0.480 e. The highest BCUT2D eigenvalue weighted by molar-refractivity contribution is 7.96. The summed E-state index contributed by atoms with van der Waals surface area (Å²) < 4.78 is 4.33. The van der Waals surface area contributed by atoms with Gasteiger partial charge < -0.3 is 14.9 Å². The van der Waals surface area contributed by atoms with Crippen LogP contribution in [0.25, 0.3) is 0 Å². The van der Waals surface area contributed by atoms with Crippen molar-refractivity contribution in [3.63, 3.8) is 0 Å². The highest BCUT2D eigenvalue weighted by Crippen LogP contribution is 1.80. The van der Waals surface area contributed by atoms with Gasteiger partial charge in [-0.25, -0.2) is 4.79 Å². The number of hydrogen-bond acceptors (Lipinski definition) is 4. The van der Waals surface area contributed by atoms with Gasteiger partial charge in [0.2, 0.25) is 5.12 Å². The number of carbonyl (C=O) groups excluding carboxylic acids is 1. The zero-order valence-corrected chi connectivity index (χ0v) is 6.88. The molecule has 0 bridgehead atoms. The van der Waals surface area contributed by atoms with Gasteiger partial charge in [-0.1, -0.05) is 0 Å². The molecule has 0 aliphatic heterocycles. The van der Waals surface area contributed by atoms with Crippen LogP contribution in [-0.2, 0) is 14.3 Å². The van der Waals surface area contributed by atoms with Crippen LogP contribution in [0.15, 0.2) is 0 Å². The molecule has 0 atom stereocenters. The third-order valence-electron chi connectivity index (χ3n) is 0.451. The van der Waals surface area contributed by atoms with E-state index in [1.54, 1.807) is 0 Å². The molecule has 0 aromatic rings. The Labute approximate surface area is 69.4 Å². The maximum absolute atomic E-state index is 9.97. The molecule has 0 aromatic carbocycles. The van der Waals surface area contributed by atoms with Crippen LogP contribution in [0.4, 0.5) is 0 Å². The van der Waals surface area contributed by atoms with Crippen molar-refractivity contribution in [2.24, 2.45) is 0 Å². The summed E-state index contributed by atoms with van der Waals surface area (Å²) in [7, 11) is 1.00. The van der Waals surface area contributed by atoms with Crippen molar-refractivity contribution in [2.45, 2.75) is 0 Å². The highest BCUT2D eigenvalue weighted by Gasteiger charge is 1.97. The molecule has 0 fully saturated rings. The van der Waals surface area contributed by atoms with Crippen molar-refractivity contribution in [2.75, 3.05) is 20.3 Å². The third-order valence-corrected chi connectivity index (χ3v) is 0.580. The van der Waals surface area contributed by atoms with Crippen LogP contribution in [0.3, 0.4) is 0 Å². The fraction of sp³-hybridized carbons (Fsp3) is 0.600. The van der Waals surface area contributed by atoms with Gasteiger partial charge in [-0.15, -0.1) is 12.6 Å². The number of aliphatic hydroxyl groups excluding tert-OH is 1. The summed E-state index contributed by atoms with van der Waals surface area (Å²) in [6.45, 7) is -0.707. The van der Waals surface area contributed by atoms with Gasteiger partial charge >= 0.3 is 5.97 Å². The van der Waals surface area contributed by atoms with E-state index in [-0.39, 0.29) is 6.61 Å². The van der Waals surface area contributed by atoms with Crippen LogP contribution in [0.1, 0.15) is 0 Å². The zero-order valence-electron chi connectivity index (χ0n) is 5.98. The fourth-order valence-corrected chi connectivity index (χ4v) is 0.317. The van der Waals surface area contributed by atoms with E-state index in [1.807, 2.05) is 0 Å². The first-order chi connectivity index (χ1) is 5.13. The van der Waals surface area contributed by atoms with Crippen LogP contribution < -0.4 is 0 Å². The standard InChI is InChI=1S/C4H6O4S.CH4O/c5-3(6)1-8-2-4(7)9;1-2/h1-2H2,(H,5,6)(H,7,9);2H,1H3. The first-order valence-electron chi connectivity index (χ1n) is 2.59. The first kappa shape index (κ1) is 13.0. The first-order valence-corrected chi connectivity index (χ1v) is 3.03. The number of hydrogen-bond donors (Lipinski definition) is 3. The smallest absolute Gasteiger partial charge is 0.329 e. The molecule has 66 valence electrons. The van der Waals surface area contributed by atoms with Crippen LogP contribution in [0.5, 0.6) is 0 Å². The minimum atomic E-state index is -1.09. The van der Waals surface area contributed by atoms with E-state index in [2.05, 4.69) is 17.4 Å². The molecular formula is C5H10O5S. The lowest BCUT2D eigenvalue weighted by Crippen LogP contribution is -2.10. The van der Waals surface area contributed by atoms with Gasteiger partial charge in [-0.05, 0) is 0 Å². The van der Waals surface area contributed by atoms with E-state index in [0.29, 0.717) is 0 Å². The van der Waals surface area contributed by atoms with Gasteiger partial charge in [0.1, 0.15) is 13.2 Å². The van der Waals surface area contributed by atoms with Crippen molar-refractivity contribution >= 4 is 23.7 Å². The van der Waals surface area contributed by atoms with Gasteiger partial charge in [0, 0.05) is 7.11 Å². The van der Waals surface area contributed by atoms with E-state index in [1.165, 1.54) is 0 Å². The number of aliphatic hydroxyl groups is 1. The molecule has 0 unspecified atom stereocenters. The number of rotatable bonds is 4. The molecule has 0 saturated heterocycles. The lowest BCUT2D eigenvalue weighted by atomic mass is 10.7. The summed E-state index contributed by atoms with van der Waals surface area (Å²) in [6.07, 6.45) is 0. The van der Waals surface area contributed by atoms with E-state index < -0.39 is 17.7 Å². The Hall–Kier alpha value is -0.590. The molecule has 6 heteroatoms. The van der Waals surface area contributed by atoms with E-state index in [0.717, 1.165) is 7.11 Å². The van der Waals surface area contributed by atoms with Gasteiger partial charge in [0.05, 0.1) is 0 Å². The highest BCUT2D eigenvalue weighted by atomic mass is 32.1. The van der Waals surface area contributed by atoms with E-state index in [9.17, 15) is 9.59 Å². The molecule has 11 heavy (non-hydrogen) atoms. The predicted octanol–water partition coefficient (Wildman–Crippen LogP) is -0.847. The second kappa shape index (κ2) is 9.41. The maximum Gasteiger partial charge on any atom is 0.329 e. The molecule has 0 spiro atoms. The molecule has 0 aliphatic carbocycles. The Morgan fingerprint density at radius 1 is 1.36 bits per heavy atom.